The standard InChI is InChI=1S/C10H14O2/c1-6-3-4-8-7(9(11)12)5-10(6,8)2/h7-8H,1,3-5H2,2H3,(H,11,12)/t7-,8-,10-/m1/s1. The summed E-state index contributed by atoms with van der Waals surface area (Å²) in [5.41, 5.74) is 1.44. The first-order chi connectivity index (χ1) is 5.55. The molecule has 0 bridgehead atoms. The van der Waals surface area contributed by atoms with Gasteiger partial charge in [-0.3, -0.25) is 4.79 Å². The Kier molecular flexibility index (Phi) is 1.39. The number of allylic oxidation sites excluding steroid dienone is 1. The Balaban J connectivity index is 2.18. The lowest BCUT2D eigenvalue weighted by Crippen LogP contribution is -2.46. The van der Waals surface area contributed by atoms with Gasteiger partial charge in [0.25, 0.3) is 0 Å². The first kappa shape index (κ1) is 7.84. The molecule has 66 valence electrons. The van der Waals surface area contributed by atoms with Gasteiger partial charge in [-0.25, -0.2) is 0 Å². The highest BCUT2D eigenvalue weighted by Gasteiger charge is 2.57. The van der Waals surface area contributed by atoms with Crippen molar-refractivity contribution in [1.82, 2.24) is 0 Å². The summed E-state index contributed by atoms with van der Waals surface area (Å²) in [5.74, 6) is -0.330. The van der Waals surface area contributed by atoms with Gasteiger partial charge in [-0.15, -0.1) is 0 Å². The molecule has 12 heavy (non-hydrogen) atoms. The van der Waals surface area contributed by atoms with Gasteiger partial charge in [0.15, 0.2) is 0 Å². The lowest BCUT2D eigenvalue weighted by atomic mass is 9.55. The van der Waals surface area contributed by atoms with Crippen LogP contribution in [0.5, 0.6) is 0 Å². The van der Waals surface area contributed by atoms with Gasteiger partial charge in [-0.05, 0) is 30.6 Å². The fourth-order valence-corrected chi connectivity index (χ4v) is 2.84. The highest BCUT2D eigenvalue weighted by atomic mass is 16.4. The first-order valence-electron chi connectivity index (χ1n) is 4.47. The molecule has 0 aliphatic heterocycles. The zero-order chi connectivity index (χ0) is 8.93. The van der Waals surface area contributed by atoms with E-state index in [0.717, 1.165) is 19.3 Å². The maximum atomic E-state index is 10.7. The average molecular weight is 166 g/mol. The Morgan fingerprint density at radius 1 is 1.75 bits per heavy atom. The van der Waals surface area contributed by atoms with Crippen LogP contribution in [0.2, 0.25) is 0 Å². The second kappa shape index (κ2) is 2.12. The SMILES string of the molecule is C=C1CC[C@@H]2[C@H](C(=O)O)C[C@]12C. The van der Waals surface area contributed by atoms with E-state index in [2.05, 4.69) is 13.5 Å². The third-order valence-corrected chi connectivity index (χ3v) is 3.83. The lowest BCUT2D eigenvalue weighted by Gasteiger charge is -2.48. The lowest BCUT2D eigenvalue weighted by molar-refractivity contribution is -0.153. The largest absolute Gasteiger partial charge is 0.481 e. The molecule has 2 nitrogen and oxygen atoms in total. The molecule has 0 aromatic rings. The van der Waals surface area contributed by atoms with Crippen molar-refractivity contribution in [3.8, 4) is 0 Å². The van der Waals surface area contributed by atoms with Crippen molar-refractivity contribution in [2.24, 2.45) is 17.3 Å². The van der Waals surface area contributed by atoms with Crippen LogP contribution in [-0.2, 0) is 4.79 Å². The van der Waals surface area contributed by atoms with E-state index < -0.39 is 5.97 Å². The van der Waals surface area contributed by atoms with Crippen molar-refractivity contribution in [1.29, 1.82) is 0 Å². The minimum atomic E-state index is -0.618. The van der Waals surface area contributed by atoms with Crippen LogP contribution < -0.4 is 0 Å². The van der Waals surface area contributed by atoms with Gasteiger partial charge in [0, 0.05) is 0 Å². The zero-order valence-corrected chi connectivity index (χ0v) is 7.34. The van der Waals surface area contributed by atoms with Crippen molar-refractivity contribution in [3.63, 3.8) is 0 Å². The number of carbonyl (C=O) groups is 1. The van der Waals surface area contributed by atoms with Crippen LogP contribution in [0.3, 0.4) is 0 Å². The van der Waals surface area contributed by atoms with Crippen LogP contribution in [0.15, 0.2) is 12.2 Å². The first-order valence-corrected chi connectivity index (χ1v) is 4.47. The fourth-order valence-electron chi connectivity index (χ4n) is 2.84. The van der Waals surface area contributed by atoms with E-state index in [1.54, 1.807) is 0 Å². The average Bonchev–Trinajstić information content (AvgIpc) is 2.15. The Morgan fingerprint density at radius 2 is 2.42 bits per heavy atom. The molecule has 0 radical (unpaired) electrons. The van der Waals surface area contributed by atoms with Gasteiger partial charge in [0.2, 0.25) is 0 Å². The second-order valence-electron chi connectivity index (χ2n) is 4.32. The van der Waals surface area contributed by atoms with E-state index in [-0.39, 0.29) is 11.3 Å². The van der Waals surface area contributed by atoms with Crippen LogP contribution in [-0.4, -0.2) is 11.1 Å². The van der Waals surface area contributed by atoms with E-state index in [0.29, 0.717) is 5.92 Å². The van der Waals surface area contributed by atoms with Crippen molar-refractivity contribution in [2.45, 2.75) is 26.2 Å². The summed E-state index contributed by atoms with van der Waals surface area (Å²) in [4.78, 5) is 10.7. The third-order valence-electron chi connectivity index (χ3n) is 3.83. The molecule has 1 N–H and O–H groups in total. The summed E-state index contributed by atoms with van der Waals surface area (Å²) in [5, 5.41) is 8.85. The fraction of sp³-hybridized carbons (Fsp3) is 0.700. The molecule has 0 spiro atoms. The second-order valence-corrected chi connectivity index (χ2v) is 4.32. The minimum Gasteiger partial charge on any atom is -0.481 e. The molecule has 0 saturated heterocycles. The Labute approximate surface area is 72.3 Å². The smallest absolute Gasteiger partial charge is 0.306 e. The number of hydrogen-bond acceptors (Lipinski definition) is 1. The van der Waals surface area contributed by atoms with Crippen LogP contribution in [0.4, 0.5) is 0 Å². The van der Waals surface area contributed by atoms with Gasteiger partial charge >= 0.3 is 5.97 Å². The third kappa shape index (κ3) is 0.728. The number of carboxylic acids is 1. The van der Waals surface area contributed by atoms with Gasteiger partial charge in [0.05, 0.1) is 5.92 Å². The summed E-state index contributed by atoms with van der Waals surface area (Å²) >= 11 is 0. The molecule has 0 aromatic heterocycles. The molecule has 3 atom stereocenters. The molecule has 0 aromatic carbocycles. The topological polar surface area (TPSA) is 37.3 Å². The Morgan fingerprint density at radius 3 is 2.92 bits per heavy atom. The van der Waals surface area contributed by atoms with Gasteiger partial charge in [-0.2, -0.15) is 0 Å². The molecule has 2 rings (SSSR count). The monoisotopic (exact) mass is 166 g/mol. The highest BCUT2D eigenvalue weighted by Crippen LogP contribution is 2.62. The molecular formula is C10H14O2. The predicted octanol–water partition coefficient (Wildman–Crippen LogP) is 2.06. The summed E-state index contributed by atoms with van der Waals surface area (Å²) in [6.45, 7) is 6.17. The normalized spacial score (nSPS) is 45.2. The van der Waals surface area contributed by atoms with Crippen LogP contribution in [0.1, 0.15) is 26.2 Å². The molecule has 2 aliphatic carbocycles. The summed E-state index contributed by atoms with van der Waals surface area (Å²) < 4.78 is 0. The summed E-state index contributed by atoms with van der Waals surface area (Å²) in [6, 6.07) is 0. The van der Waals surface area contributed by atoms with E-state index in [4.69, 9.17) is 5.11 Å². The predicted molar refractivity (Wildman–Crippen MR) is 45.7 cm³/mol. The maximum Gasteiger partial charge on any atom is 0.306 e. The number of fused-ring (bicyclic) bond motifs is 1. The number of aliphatic carboxylic acids is 1. The van der Waals surface area contributed by atoms with Crippen molar-refractivity contribution < 1.29 is 9.90 Å². The number of rotatable bonds is 1. The molecule has 0 unspecified atom stereocenters. The quantitative estimate of drug-likeness (QED) is 0.605. The van der Waals surface area contributed by atoms with Gasteiger partial charge in [0.1, 0.15) is 0 Å². The summed E-state index contributed by atoms with van der Waals surface area (Å²) in [7, 11) is 0. The zero-order valence-electron chi connectivity index (χ0n) is 7.34. The Bertz CT molecular complexity index is 257. The molecular weight excluding hydrogens is 152 g/mol. The van der Waals surface area contributed by atoms with Crippen molar-refractivity contribution >= 4 is 5.97 Å². The molecule has 2 aliphatic rings. The molecule has 2 saturated carbocycles. The molecule has 0 heterocycles. The highest BCUT2D eigenvalue weighted by molar-refractivity contribution is 5.72. The maximum absolute atomic E-state index is 10.7. The van der Waals surface area contributed by atoms with E-state index in [1.807, 2.05) is 0 Å². The van der Waals surface area contributed by atoms with Crippen LogP contribution >= 0.6 is 0 Å². The summed E-state index contributed by atoms with van der Waals surface area (Å²) in [6.07, 6.45) is 2.88. The molecule has 0 amide bonds. The van der Waals surface area contributed by atoms with E-state index in [1.165, 1.54) is 5.57 Å². The van der Waals surface area contributed by atoms with E-state index in [9.17, 15) is 4.79 Å². The van der Waals surface area contributed by atoms with Crippen molar-refractivity contribution in [3.05, 3.63) is 12.2 Å². The van der Waals surface area contributed by atoms with Gasteiger partial charge < -0.3 is 5.11 Å². The Hall–Kier alpha value is -0.790. The van der Waals surface area contributed by atoms with Gasteiger partial charge in [-0.1, -0.05) is 19.1 Å². The number of carboxylic acid groups (broad SMARTS) is 1. The minimum absolute atomic E-state index is 0.0887. The van der Waals surface area contributed by atoms with Crippen molar-refractivity contribution in [2.75, 3.05) is 0 Å². The number of hydrogen-bond donors (Lipinski definition) is 1. The van der Waals surface area contributed by atoms with E-state index >= 15 is 0 Å². The van der Waals surface area contributed by atoms with Crippen LogP contribution in [0.25, 0.3) is 0 Å². The molecule has 2 heteroatoms. The van der Waals surface area contributed by atoms with Crippen LogP contribution in [0, 0.1) is 17.3 Å². The molecule has 2 fully saturated rings.